The van der Waals surface area contributed by atoms with Gasteiger partial charge in [-0.05, 0) is 78.7 Å². The minimum absolute atomic E-state index is 0.258. The maximum atomic E-state index is 13.8. The maximum absolute atomic E-state index is 13.8. The zero-order chi connectivity index (χ0) is 26.1. The van der Waals surface area contributed by atoms with E-state index in [2.05, 4.69) is 42.1 Å². The second-order valence-electron chi connectivity index (χ2n) is 8.88. The molecule has 1 aliphatic heterocycles. The average molecular weight is 580 g/mol. The van der Waals surface area contributed by atoms with Crippen LogP contribution in [-0.4, -0.2) is 26.1 Å². The number of nitrogens with zero attached hydrogens (tertiary/aromatic N) is 4. The Balaban J connectivity index is 1.54. The molecular weight excluding hydrogens is 556 g/mol. The molecule has 0 bridgehead atoms. The molecule has 0 saturated carbocycles. The van der Waals surface area contributed by atoms with Crippen LogP contribution in [0.15, 0.2) is 76.4 Å². The summed E-state index contributed by atoms with van der Waals surface area (Å²) in [5.74, 6) is 0.789. The SMILES string of the molecule is CC1=C(C(=O)Nc2ccc(C)cc2C)C(c2cc(Br)ccc2OCc2ccc(Cl)cc2)n2nnnc2N1. The van der Waals surface area contributed by atoms with Gasteiger partial charge in [0, 0.05) is 26.4 Å². The molecule has 0 spiro atoms. The van der Waals surface area contributed by atoms with Crippen molar-refractivity contribution in [2.45, 2.75) is 33.4 Å². The number of tetrazole rings is 1. The lowest BCUT2D eigenvalue weighted by Crippen LogP contribution is -2.32. The number of allylic oxidation sites excluding steroid dienone is 1. The predicted octanol–water partition coefficient (Wildman–Crippen LogP) is 6.21. The summed E-state index contributed by atoms with van der Waals surface area (Å²) in [6, 6.07) is 18.5. The third kappa shape index (κ3) is 5.23. The molecule has 8 nitrogen and oxygen atoms in total. The highest BCUT2D eigenvalue weighted by Crippen LogP contribution is 2.40. The molecule has 1 amide bonds. The minimum atomic E-state index is -0.630. The lowest BCUT2D eigenvalue weighted by Gasteiger charge is -2.29. The highest BCUT2D eigenvalue weighted by molar-refractivity contribution is 9.10. The number of fused-ring (bicyclic) bond motifs is 1. The van der Waals surface area contributed by atoms with Crippen LogP contribution < -0.4 is 15.4 Å². The number of carbonyl (C=O) groups is 1. The van der Waals surface area contributed by atoms with Crippen molar-refractivity contribution in [1.29, 1.82) is 0 Å². The number of aromatic nitrogens is 4. The van der Waals surface area contributed by atoms with Gasteiger partial charge in [0.1, 0.15) is 18.4 Å². The van der Waals surface area contributed by atoms with E-state index < -0.39 is 6.04 Å². The molecule has 0 saturated heterocycles. The fourth-order valence-electron chi connectivity index (χ4n) is 4.34. The van der Waals surface area contributed by atoms with Gasteiger partial charge in [-0.25, -0.2) is 0 Å². The van der Waals surface area contributed by atoms with Gasteiger partial charge in [0.05, 0.1) is 5.57 Å². The van der Waals surface area contributed by atoms with Gasteiger partial charge in [0.15, 0.2) is 0 Å². The number of nitrogens with one attached hydrogen (secondary N) is 2. The van der Waals surface area contributed by atoms with Gasteiger partial charge in [-0.3, -0.25) is 4.79 Å². The number of aryl methyl sites for hydroxylation is 2. The molecule has 1 aromatic heterocycles. The van der Waals surface area contributed by atoms with Crippen molar-refractivity contribution in [1.82, 2.24) is 20.2 Å². The van der Waals surface area contributed by atoms with Crippen molar-refractivity contribution in [2.24, 2.45) is 0 Å². The lowest BCUT2D eigenvalue weighted by molar-refractivity contribution is -0.113. The van der Waals surface area contributed by atoms with Gasteiger partial charge in [0.25, 0.3) is 5.91 Å². The Kier molecular flexibility index (Phi) is 6.99. The van der Waals surface area contributed by atoms with Crippen molar-refractivity contribution in [2.75, 3.05) is 10.6 Å². The topological polar surface area (TPSA) is 94.0 Å². The van der Waals surface area contributed by atoms with E-state index in [1.54, 1.807) is 4.68 Å². The zero-order valence-electron chi connectivity index (χ0n) is 20.4. The van der Waals surface area contributed by atoms with Gasteiger partial charge in [-0.15, -0.1) is 0 Å². The summed E-state index contributed by atoms with van der Waals surface area (Å²) < 4.78 is 8.69. The first-order valence-electron chi connectivity index (χ1n) is 11.6. The quantitative estimate of drug-likeness (QED) is 0.282. The van der Waals surface area contributed by atoms with Crippen LogP contribution in [0, 0.1) is 13.8 Å². The third-order valence-electron chi connectivity index (χ3n) is 6.16. The molecule has 2 N–H and O–H groups in total. The second kappa shape index (κ2) is 10.4. The van der Waals surface area contributed by atoms with E-state index in [9.17, 15) is 4.79 Å². The Morgan fingerprint density at radius 1 is 1.11 bits per heavy atom. The molecule has 0 aliphatic carbocycles. The third-order valence-corrected chi connectivity index (χ3v) is 6.91. The van der Waals surface area contributed by atoms with Crippen molar-refractivity contribution >= 4 is 45.1 Å². The normalized spacial score (nSPS) is 14.7. The number of anilines is 2. The number of hydrogen-bond donors (Lipinski definition) is 2. The van der Waals surface area contributed by atoms with Gasteiger partial charge < -0.3 is 15.4 Å². The molecule has 2 heterocycles. The molecule has 0 radical (unpaired) electrons. The number of halogens is 2. The summed E-state index contributed by atoms with van der Waals surface area (Å²) >= 11 is 9.60. The van der Waals surface area contributed by atoms with E-state index in [4.69, 9.17) is 16.3 Å². The molecule has 0 fully saturated rings. The monoisotopic (exact) mass is 578 g/mol. The molecule has 10 heteroatoms. The minimum Gasteiger partial charge on any atom is -0.489 e. The van der Waals surface area contributed by atoms with E-state index in [1.165, 1.54) is 0 Å². The molecule has 1 aliphatic rings. The molecule has 1 atom stereocenters. The van der Waals surface area contributed by atoms with Gasteiger partial charge in [-0.1, -0.05) is 62.5 Å². The first kappa shape index (κ1) is 25.0. The molecule has 5 rings (SSSR count). The summed E-state index contributed by atoms with van der Waals surface area (Å²) in [7, 11) is 0. The largest absolute Gasteiger partial charge is 0.489 e. The van der Waals surface area contributed by atoms with Crippen LogP contribution in [0.25, 0.3) is 0 Å². The van der Waals surface area contributed by atoms with Crippen molar-refractivity contribution < 1.29 is 9.53 Å². The highest BCUT2D eigenvalue weighted by atomic mass is 79.9. The van der Waals surface area contributed by atoms with E-state index in [-0.39, 0.29) is 5.91 Å². The molecular formula is C27H24BrClN6O2. The summed E-state index contributed by atoms with van der Waals surface area (Å²) in [4.78, 5) is 13.8. The molecule has 3 aromatic carbocycles. The summed E-state index contributed by atoms with van der Waals surface area (Å²) in [6.45, 7) is 6.15. The van der Waals surface area contributed by atoms with Crippen LogP contribution in [0.5, 0.6) is 5.75 Å². The molecule has 37 heavy (non-hydrogen) atoms. The van der Waals surface area contributed by atoms with Gasteiger partial charge in [-0.2, -0.15) is 4.68 Å². The van der Waals surface area contributed by atoms with Crippen LogP contribution in [-0.2, 0) is 11.4 Å². The second-order valence-corrected chi connectivity index (χ2v) is 10.2. The van der Waals surface area contributed by atoms with Gasteiger partial charge in [0.2, 0.25) is 5.95 Å². The molecule has 4 aromatic rings. The van der Waals surface area contributed by atoms with Crippen molar-refractivity contribution in [3.63, 3.8) is 0 Å². The lowest BCUT2D eigenvalue weighted by atomic mass is 9.94. The van der Waals surface area contributed by atoms with E-state index in [1.807, 2.05) is 81.4 Å². The predicted molar refractivity (Wildman–Crippen MR) is 147 cm³/mol. The van der Waals surface area contributed by atoms with E-state index >= 15 is 0 Å². The number of benzene rings is 3. The van der Waals surface area contributed by atoms with Crippen LogP contribution in [0.4, 0.5) is 11.6 Å². The zero-order valence-corrected chi connectivity index (χ0v) is 22.8. The number of hydrogen-bond acceptors (Lipinski definition) is 6. The number of amides is 1. The van der Waals surface area contributed by atoms with Crippen LogP contribution in [0.1, 0.15) is 35.2 Å². The van der Waals surface area contributed by atoms with E-state index in [0.717, 1.165) is 32.4 Å². The van der Waals surface area contributed by atoms with Crippen LogP contribution in [0.2, 0.25) is 5.02 Å². The summed E-state index contributed by atoms with van der Waals surface area (Å²) in [5, 5.41) is 19.0. The average Bonchev–Trinajstić information content (AvgIpc) is 3.33. The Bertz CT molecular complexity index is 1520. The molecule has 188 valence electrons. The fourth-order valence-corrected chi connectivity index (χ4v) is 4.85. The number of rotatable bonds is 6. The fraction of sp³-hybridized carbons (Fsp3) is 0.185. The van der Waals surface area contributed by atoms with Gasteiger partial charge >= 0.3 is 0 Å². The number of ether oxygens (including phenoxy) is 1. The summed E-state index contributed by atoms with van der Waals surface area (Å²) in [6.07, 6.45) is 0. The maximum Gasteiger partial charge on any atom is 0.255 e. The first-order valence-corrected chi connectivity index (χ1v) is 12.8. The Hall–Kier alpha value is -3.69. The summed E-state index contributed by atoms with van der Waals surface area (Å²) in [5.41, 5.74) is 5.68. The van der Waals surface area contributed by atoms with Crippen molar-refractivity contribution in [3.05, 3.63) is 104 Å². The first-order chi connectivity index (χ1) is 17.8. The standard InChI is InChI=1S/C27H24BrClN6O2/c1-15-4-10-22(16(2)12-15)31-26(36)24-17(3)30-27-32-33-34-35(27)25(24)21-13-19(28)7-11-23(21)37-14-18-5-8-20(29)9-6-18/h4-13,25H,14H2,1-3H3,(H,31,36)(H,30,32,34). The Labute approximate surface area is 227 Å². The Morgan fingerprint density at radius 2 is 1.89 bits per heavy atom. The van der Waals surface area contributed by atoms with Crippen molar-refractivity contribution in [3.8, 4) is 5.75 Å². The molecule has 1 unspecified atom stereocenters. The van der Waals surface area contributed by atoms with Crippen LogP contribution in [0.3, 0.4) is 0 Å². The Morgan fingerprint density at radius 3 is 2.65 bits per heavy atom. The number of carbonyl (C=O) groups excluding carboxylic acids is 1. The van der Waals surface area contributed by atoms with E-state index in [0.29, 0.717) is 34.6 Å². The highest BCUT2D eigenvalue weighted by Gasteiger charge is 2.36. The van der Waals surface area contributed by atoms with Crippen LogP contribution >= 0.6 is 27.5 Å². The smallest absolute Gasteiger partial charge is 0.255 e.